The van der Waals surface area contributed by atoms with Crippen molar-refractivity contribution >= 4 is 11.9 Å². The lowest BCUT2D eigenvalue weighted by atomic mass is 9.54. The molecule has 3 rings (SSSR count). The van der Waals surface area contributed by atoms with E-state index in [1.807, 2.05) is 0 Å². The van der Waals surface area contributed by atoms with Crippen LogP contribution in [0.15, 0.2) is 11.6 Å². The SMILES string of the molecule is CC1=CC[C@@]23CCCCCCCCC[C@@]2(C1)C(=O)OC3=O. The minimum atomic E-state index is -0.562. The summed E-state index contributed by atoms with van der Waals surface area (Å²) in [7, 11) is 0. The van der Waals surface area contributed by atoms with Gasteiger partial charge in [0.25, 0.3) is 0 Å². The van der Waals surface area contributed by atoms with Crippen LogP contribution >= 0.6 is 0 Å². The van der Waals surface area contributed by atoms with Crippen molar-refractivity contribution in [2.45, 2.75) is 77.6 Å². The van der Waals surface area contributed by atoms with E-state index in [0.29, 0.717) is 6.42 Å². The number of hydrogen-bond acceptors (Lipinski definition) is 3. The highest BCUT2D eigenvalue weighted by Gasteiger charge is 2.67. The Morgan fingerprint density at radius 1 is 0.857 bits per heavy atom. The Labute approximate surface area is 127 Å². The van der Waals surface area contributed by atoms with Gasteiger partial charge in [-0.25, -0.2) is 0 Å². The Hall–Kier alpha value is -1.12. The molecule has 21 heavy (non-hydrogen) atoms. The highest BCUT2D eigenvalue weighted by atomic mass is 16.6. The van der Waals surface area contributed by atoms with Gasteiger partial charge in [0, 0.05) is 0 Å². The van der Waals surface area contributed by atoms with Gasteiger partial charge in [-0.1, -0.05) is 56.6 Å². The highest BCUT2D eigenvalue weighted by Crippen LogP contribution is 2.60. The minimum absolute atomic E-state index is 0.237. The zero-order chi connectivity index (χ0) is 14.9. The zero-order valence-electron chi connectivity index (χ0n) is 13.1. The first kappa shape index (κ1) is 14.8. The average molecular weight is 290 g/mol. The van der Waals surface area contributed by atoms with Gasteiger partial charge in [-0.05, 0) is 32.6 Å². The van der Waals surface area contributed by atoms with E-state index in [1.165, 1.54) is 37.7 Å². The van der Waals surface area contributed by atoms with Crippen LogP contribution in [0, 0.1) is 10.8 Å². The third-order valence-electron chi connectivity index (χ3n) is 5.97. The van der Waals surface area contributed by atoms with E-state index in [9.17, 15) is 9.59 Å². The first-order valence-corrected chi connectivity index (χ1v) is 8.53. The molecule has 0 N–H and O–H groups in total. The maximum atomic E-state index is 12.6. The largest absolute Gasteiger partial charge is 0.392 e. The van der Waals surface area contributed by atoms with Gasteiger partial charge >= 0.3 is 11.9 Å². The fourth-order valence-electron chi connectivity index (χ4n) is 4.70. The molecule has 0 aromatic heterocycles. The number of carbonyl (C=O) groups excluding carboxylic acids is 2. The number of allylic oxidation sites excluding steroid dienone is 2. The maximum Gasteiger partial charge on any atom is 0.321 e. The van der Waals surface area contributed by atoms with Crippen molar-refractivity contribution in [3.63, 3.8) is 0 Å². The number of cyclic esters (lactones) is 2. The van der Waals surface area contributed by atoms with E-state index in [-0.39, 0.29) is 11.9 Å². The first-order chi connectivity index (χ1) is 10.1. The summed E-state index contributed by atoms with van der Waals surface area (Å²) in [5.41, 5.74) is 0.119. The smallest absolute Gasteiger partial charge is 0.321 e. The van der Waals surface area contributed by atoms with Crippen LogP contribution < -0.4 is 0 Å². The monoisotopic (exact) mass is 290 g/mol. The summed E-state index contributed by atoms with van der Waals surface area (Å²) in [6.45, 7) is 2.08. The fourth-order valence-corrected chi connectivity index (χ4v) is 4.70. The van der Waals surface area contributed by atoms with E-state index in [4.69, 9.17) is 4.74 Å². The molecule has 0 radical (unpaired) electrons. The van der Waals surface area contributed by atoms with Gasteiger partial charge in [-0.3, -0.25) is 9.59 Å². The maximum absolute atomic E-state index is 12.6. The third kappa shape index (κ3) is 2.25. The van der Waals surface area contributed by atoms with Gasteiger partial charge in [0.1, 0.15) is 0 Å². The van der Waals surface area contributed by atoms with E-state index in [1.54, 1.807) is 0 Å². The van der Waals surface area contributed by atoms with Crippen molar-refractivity contribution in [2.24, 2.45) is 10.8 Å². The van der Waals surface area contributed by atoms with E-state index >= 15 is 0 Å². The van der Waals surface area contributed by atoms with Gasteiger partial charge in [0.05, 0.1) is 10.8 Å². The first-order valence-electron chi connectivity index (χ1n) is 8.53. The zero-order valence-corrected chi connectivity index (χ0v) is 13.1. The topological polar surface area (TPSA) is 43.4 Å². The molecule has 0 spiro atoms. The molecule has 0 amide bonds. The molecule has 0 bridgehead atoms. The van der Waals surface area contributed by atoms with Gasteiger partial charge in [-0.2, -0.15) is 0 Å². The molecule has 2 aliphatic carbocycles. The van der Waals surface area contributed by atoms with Gasteiger partial charge in [-0.15, -0.1) is 0 Å². The normalized spacial score (nSPS) is 37.9. The molecule has 0 aromatic rings. The van der Waals surface area contributed by atoms with Crippen LogP contribution in [0.3, 0.4) is 0 Å². The van der Waals surface area contributed by atoms with Crippen LogP contribution in [0.5, 0.6) is 0 Å². The second-order valence-electron chi connectivity index (χ2n) is 7.25. The van der Waals surface area contributed by atoms with Crippen molar-refractivity contribution in [3.05, 3.63) is 11.6 Å². The summed E-state index contributed by atoms with van der Waals surface area (Å²) >= 11 is 0. The summed E-state index contributed by atoms with van der Waals surface area (Å²) in [6, 6.07) is 0. The predicted molar refractivity (Wildman–Crippen MR) is 80.5 cm³/mol. The second-order valence-corrected chi connectivity index (χ2v) is 7.25. The van der Waals surface area contributed by atoms with Crippen molar-refractivity contribution in [2.75, 3.05) is 0 Å². The van der Waals surface area contributed by atoms with Crippen molar-refractivity contribution in [1.82, 2.24) is 0 Å². The molecule has 2 fully saturated rings. The average Bonchev–Trinajstić information content (AvgIpc) is 2.65. The standard InChI is InChI=1S/C18H26O3/c1-14-9-12-17-10-7-5-3-2-4-6-8-11-18(17,13-14)16(20)21-15(17)19/h9H,2-8,10-13H2,1H3/t17-,18-/m1/s1. The Balaban J connectivity index is 2.00. The van der Waals surface area contributed by atoms with Gasteiger partial charge < -0.3 is 4.74 Å². The molecule has 3 heteroatoms. The minimum Gasteiger partial charge on any atom is -0.392 e. The fraction of sp³-hybridized carbons (Fsp3) is 0.778. The molecule has 0 unspecified atom stereocenters. The molecular formula is C18H26O3. The van der Waals surface area contributed by atoms with Gasteiger partial charge in [0.2, 0.25) is 0 Å². The molecule has 0 aromatic carbocycles. The van der Waals surface area contributed by atoms with Gasteiger partial charge in [0.15, 0.2) is 0 Å². The van der Waals surface area contributed by atoms with Crippen LogP contribution in [0.25, 0.3) is 0 Å². The molecule has 2 atom stereocenters. The lowest BCUT2D eigenvalue weighted by Gasteiger charge is -2.43. The van der Waals surface area contributed by atoms with E-state index in [2.05, 4.69) is 13.0 Å². The molecular weight excluding hydrogens is 264 g/mol. The van der Waals surface area contributed by atoms with Crippen LogP contribution in [0.4, 0.5) is 0 Å². The quantitative estimate of drug-likeness (QED) is 0.379. The second kappa shape index (κ2) is 5.58. The molecule has 1 saturated heterocycles. The van der Waals surface area contributed by atoms with Crippen LogP contribution in [-0.4, -0.2) is 11.9 Å². The number of hydrogen-bond donors (Lipinski definition) is 0. The Morgan fingerprint density at radius 2 is 1.38 bits per heavy atom. The summed E-state index contributed by atoms with van der Waals surface area (Å²) < 4.78 is 5.20. The number of rotatable bonds is 0. The van der Waals surface area contributed by atoms with Crippen molar-refractivity contribution in [1.29, 1.82) is 0 Å². The highest BCUT2D eigenvalue weighted by molar-refractivity contribution is 6.02. The van der Waals surface area contributed by atoms with Crippen molar-refractivity contribution < 1.29 is 14.3 Å². The number of esters is 2. The van der Waals surface area contributed by atoms with Crippen LogP contribution in [-0.2, 0) is 14.3 Å². The summed E-state index contributed by atoms with van der Waals surface area (Å²) in [5.74, 6) is -0.477. The summed E-state index contributed by atoms with van der Waals surface area (Å²) in [5, 5.41) is 0. The Bertz CT molecular complexity index is 479. The molecule has 3 aliphatic rings. The number of carbonyl (C=O) groups is 2. The lowest BCUT2D eigenvalue weighted by molar-refractivity contribution is -0.156. The molecule has 3 nitrogen and oxygen atoms in total. The van der Waals surface area contributed by atoms with E-state index < -0.39 is 10.8 Å². The Morgan fingerprint density at radius 3 is 2.05 bits per heavy atom. The van der Waals surface area contributed by atoms with Crippen molar-refractivity contribution in [3.8, 4) is 0 Å². The molecule has 116 valence electrons. The predicted octanol–water partition coefficient (Wildman–Crippen LogP) is 4.31. The van der Waals surface area contributed by atoms with E-state index in [0.717, 1.165) is 32.1 Å². The Kier molecular flexibility index (Phi) is 3.94. The third-order valence-corrected chi connectivity index (χ3v) is 5.97. The number of ether oxygens (including phenoxy) is 1. The van der Waals surface area contributed by atoms with Crippen LogP contribution in [0.2, 0.25) is 0 Å². The molecule has 1 saturated carbocycles. The summed E-state index contributed by atoms with van der Waals surface area (Å²) in [6.07, 6.45) is 13.4. The lowest BCUT2D eigenvalue weighted by Crippen LogP contribution is -2.46. The molecule has 1 heterocycles. The summed E-state index contributed by atoms with van der Waals surface area (Å²) in [4.78, 5) is 25.1. The van der Waals surface area contributed by atoms with Crippen LogP contribution in [0.1, 0.15) is 77.6 Å². The molecule has 1 aliphatic heterocycles.